The molecule has 4 heteroatoms. The number of hydrogen-bond donors (Lipinski definition) is 0. The fraction of sp³-hybridized carbons (Fsp3) is 0.900. The molecular weight excluding hydrogens is 188 g/mol. The first-order valence-corrected chi connectivity index (χ1v) is 5.05. The maximum absolute atomic E-state index is 13.1. The van der Waals surface area contributed by atoms with Gasteiger partial charge in [-0.3, -0.25) is 4.79 Å². The van der Waals surface area contributed by atoms with Crippen LogP contribution in [-0.4, -0.2) is 29.8 Å². The van der Waals surface area contributed by atoms with Crippen LogP contribution in [0.2, 0.25) is 0 Å². The van der Waals surface area contributed by atoms with Crippen LogP contribution >= 0.6 is 0 Å². The van der Waals surface area contributed by atoms with E-state index in [-0.39, 0.29) is 31.3 Å². The molecule has 1 saturated carbocycles. The minimum absolute atomic E-state index is 0.00155. The van der Waals surface area contributed by atoms with Crippen LogP contribution in [0, 0.1) is 11.3 Å². The third-order valence-corrected chi connectivity index (χ3v) is 3.49. The van der Waals surface area contributed by atoms with Crippen LogP contribution in [0.3, 0.4) is 0 Å². The van der Waals surface area contributed by atoms with E-state index in [2.05, 4.69) is 0 Å². The van der Waals surface area contributed by atoms with Crippen molar-refractivity contribution in [3.8, 4) is 0 Å². The first kappa shape index (κ1) is 9.87. The molecule has 14 heavy (non-hydrogen) atoms. The predicted octanol–water partition coefficient (Wildman–Crippen LogP) is 1.90. The molecule has 1 heterocycles. The van der Waals surface area contributed by atoms with Gasteiger partial charge in [0.1, 0.15) is 0 Å². The lowest BCUT2D eigenvalue weighted by molar-refractivity contribution is -0.255. The van der Waals surface area contributed by atoms with Crippen molar-refractivity contribution in [1.82, 2.24) is 4.90 Å². The van der Waals surface area contributed by atoms with Crippen LogP contribution in [-0.2, 0) is 4.79 Å². The standard InChI is InChI=1S/C10H15F2NO/c1-7(2)8(14)13-5-9(6-13)3-4-10(9,11)12/h7H,3-6H2,1-2H3. The van der Waals surface area contributed by atoms with Gasteiger partial charge in [-0.2, -0.15) is 0 Å². The molecule has 2 rings (SSSR count). The zero-order chi connectivity index (χ0) is 10.6. The zero-order valence-corrected chi connectivity index (χ0v) is 8.52. The van der Waals surface area contributed by atoms with Gasteiger partial charge in [-0.1, -0.05) is 13.8 Å². The summed E-state index contributed by atoms with van der Waals surface area (Å²) in [6, 6.07) is 0. The summed E-state index contributed by atoms with van der Waals surface area (Å²) in [6.07, 6.45) is 0.568. The van der Waals surface area contributed by atoms with E-state index in [4.69, 9.17) is 0 Å². The summed E-state index contributed by atoms with van der Waals surface area (Å²) in [5.41, 5.74) is -0.850. The Morgan fingerprint density at radius 3 is 2.14 bits per heavy atom. The Morgan fingerprint density at radius 1 is 1.29 bits per heavy atom. The minimum atomic E-state index is -2.53. The highest BCUT2D eigenvalue weighted by Crippen LogP contribution is 2.58. The lowest BCUT2D eigenvalue weighted by Gasteiger charge is -2.60. The van der Waals surface area contributed by atoms with Crippen LogP contribution in [0.1, 0.15) is 26.7 Å². The molecule has 0 aromatic rings. The van der Waals surface area contributed by atoms with Gasteiger partial charge in [0.2, 0.25) is 5.91 Å². The molecule has 0 bridgehead atoms. The molecular formula is C10H15F2NO. The Balaban J connectivity index is 1.94. The minimum Gasteiger partial charge on any atom is -0.341 e. The van der Waals surface area contributed by atoms with Gasteiger partial charge in [0.15, 0.2) is 0 Å². The number of amides is 1. The SMILES string of the molecule is CC(C)C(=O)N1CC2(CCC2(F)F)C1. The first-order chi connectivity index (χ1) is 6.38. The molecule has 1 aliphatic carbocycles. The lowest BCUT2D eigenvalue weighted by Crippen LogP contribution is -2.71. The number of rotatable bonds is 1. The molecule has 2 aliphatic rings. The first-order valence-electron chi connectivity index (χ1n) is 5.05. The Hall–Kier alpha value is -0.670. The molecule has 2 nitrogen and oxygen atoms in total. The molecule has 0 aromatic heterocycles. The smallest absolute Gasteiger partial charge is 0.257 e. The maximum Gasteiger partial charge on any atom is 0.257 e. The van der Waals surface area contributed by atoms with E-state index >= 15 is 0 Å². The predicted molar refractivity (Wildman–Crippen MR) is 48.0 cm³/mol. The Bertz CT molecular complexity index is 269. The second-order valence-corrected chi connectivity index (χ2v) is 4.83. The number of alkyl halides is 2. The van der Waals surface area contributed by atoms with E-state index in [1.807, 2.05) is 0 Å². The van der Waals surface area contributed by atoms with E-state index in [9.17, 15) is 13.6 Å². The average Bonchev–Trinajstić information content (AvgIpc) is 1.99. The summed E-state index contributed by atoms with van der Waals surface area (Å²) in [7, 11) is 0. The quantitative estimate of drug-likeness (QED) is 0.637. The molecule has 80 valence electrons. The van der Waals surface area contributed by atoms with Gasteiger partial charge in [0.05, 0.1) is 5.41 Å². The molecule has 0 unspecified atom stereocenters. The summed E-state index contributed by atoms with van der Waals surface area (Å²) in [6.45, 7) is 4.12. The molecule has 1 amide bonds. The Kier molecular flexibility index (Phi) is 1.88. The van der Waals surface area contributed by atoms with Gasteiger partial charge in [-0.05, 0) is 6.42 Å². The fourth-order valence-corrected chi connectivity index (χ4v) is 2.26. The van der Waals surface area contributed by atoms with E-state index in [1.165, 1.54) is 0 Å². The van der Waals surface area contributed by atoms with Gasteiger partial charge in [-0.25, -0.2) is 8.78 Å². The zero-order valence-electron chi connectivity index (χ0n) is 8.52. The van der Waals surface area contributed by atoms with Gasteiger partial charge in [0, 0.05) is 25.4 Å². The molecule has 1 saturated heterocycles. The van der Waals surface area contributed by atoms with Crippen molar-refractivity contribution in [2.75, 3.05) is 13.1 Å². The van der Waals surface area contributed by atoms with Crippen LogP contribution in [0.25, 0.3) is 0 Å². The molecule has 0 aromatic carbocycles. The van der Waals surface area contributed by atoms with Crippen molar-refractivity contribution in [3.63, 3.8) is 0 Å². The Labute approximate surface area is 82.3 Å². The van der Waals surface area contributed by atoms with Crippen LogP contribution < -0.4 is 0 Å². The van der Waals surface area contributed by atoms with Crippen LogP contribution in [0.5, 0.6) is 0 Å². The Morgan fingerprint density at radius 2 is 1.86 bits per heavy atom. The number of carbonyl (C=O) groups excluding carboxylic acids is 1. The molecule has 0 atom stereocenters. The third-order valence-electron chi connectivity index (χ3n) is 3.49. The van der Waals surface area contributed by atoms with E-state index in [0.29, 0.717) is 6.42 Å². The number of hydrogen-bond acceptors (Lipinski definition) is 1. The number of nitrogens with zero attached hydrogens (tertiary/aromatic N) is 1. The second kappa shape index (κ2) is 2.67. The number of likely N-dealkylation sites (tertiary alicyclic amines) is 1. The van der Waals surface area contributed by atoms with E-state index in [0.717, 1.165) is 0 Å². The highest BCUT2D eigenvalue weighted by Gasteiger charge is 2.67. The highest BCUT2D eigenvalue weighted by atomic mass is 19.3. The number of halogens is 2. The van der Waals surface area contributed by atoms with Crippen LogP contribution in [0.4, 0.5) is 8.78 Å². The van der Waals surface area contributed by atoms with Crippen molar-refractivity contribution in [3.05, 3.63) is 0 Å². The summed E-state index contributed by atoms with van der Waals surface area (Å²) < 4.78 is 26.3. The van der Waals surface area contributed by atoms with Crippen molar-refractivity contribution < 1.29 is 13.6 Å². The topological polar surface area (TPSA) is 20.3 Å². The lowest BCUT2D eigenvalue weighted by atomic mass is 9.60. The molecule has 2 fully saturated rings. The van der Waals surface area contributed by atoms with Crippen molar-refractivity contribution in [2.45, 2.75) is 32.6 Å². The average molecular weight is 203 g/mol. The molecule has 1 aliphatic heterocycles. The summed E-state index contributed by atoms with van der Waals surface area (Å²) in [4.78, 5) is 13.0. The monoisotopic (exact) mass is 203 g/mol. The molecule has 0 N–H and O–H groups in total. The normalized spacial score (nSPS) is 27.4. The summed E-state index contributed by atoms with van der Waals surface area (Å²) in [5.74, 6) is -2.61. The maximum atomic E-state index is 13.1. The van der Waals surface area contributed by atoms with Crippen LogP contribution in [0.15, 0.2) is 0 Å². The van der Waals surface area contributed by atoms with E-state index < -0.39 is 11.3 Å². The van der Waals surface area contributed by atoms with Crippen molar-refractivity contribution in [1.29, 1.82) is 0 Å². The van der Waals surface area contributed by atoms with Gasteiger partial charge in [-0.15, -0.1) is 0 Å². The largest absolute Gasteiger partial charge is 0.341 e. The second-order valence-electron chi connectivity index (χ2n) is 4.83. The third kappa shape index (κ3) is 1.09. The molecule has 0 radical (unpaired) electrons. The molecule has 1 spiro atoms. The number of carbonyl (C=O) groups is 1. The van der Waals surface area contributed by atoms with Crippen molar-refractivity contribution >= 4 is 5.91 Å². The summed E-state index contributed by atoms with van der Waals surface area (Å²) >= 11 is 0. The fourth-order valence-electron chi connectivity index (χ4n) is 2.26. The highest BCUT2D eigenvalue weighted by molar-refractivity contribution is 5.79. The van der Waals surface area contributed by atoms with Gasteiger partial charge < -0.3 is 4.90 Å². The van der Waals surface area contributed by atoms with E-state index in [1.54, 1.807) is 18.7 Å². The van der Waals surface area contributed by atoms with Crippen molar-refractivity contribution in [2.24, 2.45) is 11.3 Å². The summed E-state index contributed by atoms with van der Waals surface area (Å²) in [5, 5.41) is 0. The van der Waals surface area contributed by atoms with Gasteiger partial charge in [0.25, 0.3) is 5.92 Å². The van der Waals surface area contributed by atoms with Gasteiger partial charge >= 0.3 is 0 Å².